The van der Waals surface area contributed by atoms with Crippen LogP contribution < -0.4 is 5.32 Å². The second kappa shape index (κ2) is 5.34. The molecule has 4 nitrogen and oxygen atoms in total. The fourth-order valence-electron chi connectivity index (χ4n) is 1.95. The summed E-state index contributed by atoms with van der Waals surface area (Å²) in [7, 11) is 0. The molecule has 17 heavy (non-hydrogen) atoms. The number of carbonyl (C=O) groups is 2. The molecule has 0 radical (unpaired) electrons. The number of nitrogens with one attached hydrogen (secondary N) is 1. The number of hydrogen-bond acceptors (Lipinski definition) is 3. The summed E-state index contributed by atoms with van der Waals surface area (Å²) in [5, 5.41) is 4.64. The summed E-state index contributed by atoms with van der Waals surface area (Å²) in [5.41, 5.74) is 0.688. The van der Waals surface area contributed by atoms with E-state index in [-0.39, 0.29) is 17.9 Å². The Bertz CT molecular complexity index is 446. The molecule has 1 atom stereocenters. The molecule has 2 heterocycles. The van der Waals surface area contributed by atoms with Gasteiger partial charge >= 0.3 is 0 Å². The van der Waals surface area contributed by atoms with E-state index in [4.69, 9.17) is 0 Å². The van der Waals surface area contributed by atoms with E-state index in [0.29, 0.717) is 25.1 Å². The van der Waals surface area contributed by atoms with Gasteiger partial charge in [0.2, 0.25) is 5.91 Å². The van der Waals surface area contributed by atoms with Crippen LogP contribution >= 0.6 is 33.9 Å². The Morgan fingerprint density at radius 3 is 3.06 bits per heavy atom. The number of halogens is 1. The number of rotatable bonds is 2. The molecule has 1 aliphatic heterocycles. The smallest absolute Gasteiger partial charge is 0.255 e. The van der Waals surface area contributed by atoms with Gasteiger partial charge in [-0.2, -0.15) is 0 Å². The van der Waals surface area contributed by atoms with E-state index in [1.54, 1.807) is 16.2 Å². The van der Waals surface area contributed by atoms with Crippen LogP contribution in [-0.2, 0) is 4.79 Å². The molecule has 1 N–H and O–H groups in total. The monoisotopic (exact) mass is 364 g/mol. The topological polar surface area (TPSA) is 49.4 Å². The summed E-state index contributed by atoms with van der Waals surface area (Å²) >= 11 is 3.74. The molecule has 0 spiro atoms. The van der Waals surface area contributed by atoms with Gasteiger partial charge in [-0.05, 0) is 35.1 Å². The predicted octanol–water partition coefficient (Wildman–Crippen LogP) is 1.70. The van der Waals surface area contributed by atoms with Gasteiger partial charge in [0, 0.05) is 18.5 Å². The van der Waals surface area contributed by atoms with E-state index in [1.807, 2.05) is 18.4 Å². The summed E-state index contributed by atoms with van der Waals surface area (Å²) in [4.78, 5) is 25.6. The lowest BCUT2D eigenvalue weighted by atomic mass is 10.1. The molecule has 0 aliphatic carbocycles. The molecular formula is C11H13IN2O2S. The highest BCUT2D eigenvalue weighted by Gasteiger charge is 2.32. The zero-order valence-corrected chi connectivity index (χ0v) is 12.4. The lowest BCUT2D eigenvalue weighted by molar-refractivity contribution is -0.127. The number of amides is 2. The molecule has 6 heteroatoms. The lowest BCUT2D eigenvalue weighted by Gasteiger charge is -2.34. The molecule has 0 bridgehead atoms. The van der Waals surface area contributed by atoms with Gasteiger partial charge in [0.05, 0.1) is 8.45 Å². The van der Waals surface area contributed by atoms with Crippen molar-refractivity contribution in [2.45, 2.75) is 19.4 Å². The summed E-state index contributed by atoms with van der Waals surface area (Å²) in [5.74, 6) is -0.0807. The molecule has 1 saturated heterocycles. The minimum Gasteiger partial charge on any atom is -0.353 e. The average molecular weight is 364 g/mol. The first kappa shape index (κ1) is 12.8. The Balaban J connectivity index is 2.20. The van der Waals surface area contributed by atoms with Gasteiger partial charge in [-0.1, -0.05) is 6.92 Å². The molecule has 0 saturated carbocycles. The standard InChI is InChI=1S/C11H13IN2O2S/c1-2-8-10(15)13-3-4-14(8)11(16)7-5-9(12)17-6-7/h5-6,8H,2-4H2,1H3,(H,13,15). The van der Waals surface area contributed by atoms with Crippen molar-refractivity contribution in [3.8, 4) is 0 Å². The second-order valence-corrected chi connectivity index (χ2v) is 6.66. The van der Waals surface area contributed by atoms with Crippen molar-refractivity contribution in [2.75, 3.05) is 13.1 Å². The van der Waals surface area contributed by atoms with Crippen LogP contribution in [0.3, 0.4) is 0 Å². The second-order valence-electron chi connectivity index (χ2n) is 3.85. The van der Waals surface area contributed by atoms with Crippen LogP contribution in [0.15, 0.2) is 11.4 Å². The SMILES string of the molecule is CCC1C(=O)NCCN1C(=O)c1csc(I)c1. The fourth-order valence-corrected chi connectivity index (χ4v) is 3.27. The maximum atomic E-state index is 12.3. The fraction of sp³-hybridized carbons (Fsp3) is 0.455. The molecule has 2 amide bonds. The van der Waals surface area contributed by atoms with Gasteiger partial charge in [-0.25, -0.2) is 0 Å². The molecule has 1 fully saturated rings. The molecule has 1 unspecified atom stereocenters. The van der Waals surface area contributed by atoms with Crippen molar-refractivity contribution < 1.29 is 9.59 Å². The molecule has 1 aliphatic rings. The first-order valence-corrected chi connectivity index (χ1v) is 7.42. The van der Waals surface area contributed by atoms with Crippen LogP contribution in [-0.4, -0.2) is 35.8 Å². The van der Waals surface area contributed by atoms with Crippen molar-refractivity contribution in [3.05, 3.63) is 19.9 Å². The molecule has 2 rings (SSSR count). The van der Waals surface area contributed by atoms with Crippen LogP contribution in [0.25, 0.3) is 0 Å². The normalized spacial score (nSPS) is 20.2. The van der Waals surface area contributed by atoms with Crippen LogP contribution in [0.4, 0.5) is 0 Å². The maximum Gasteiger partial charge on any atom is 0.255 e. The first-order chi connectivity index (χ1) is 8.13. The molecule has 92 valence electrons. The summed E-state index contributed by atoms with van der Waals surface area (Å²) < 4.78 is 1.08. The predicted molar refractivity (Wildman–Crippen MR) is 75.2 cm³/mol. The highest BCUT2D eigenvalue weighted by molar-refractivity contribution is 14.1. The van der Waals surface area contributed by atoms with Gasteiger partial charge in [-0.15, -0.1) is 11.3 Å². The summed E-state index contributed by atoms with van der Waals surface area (Å²) in [6.45, 7) is 3.06. The zero-order valence-electron chi connectivity index (χ0n) is 9.40. The number of piperazine rings is 1. The third-order valence-corrected chi connectivity index (χ3v) is 4.58. The number of hydrogen-bond donors (Lipinski definition) is 1. The Morgan fingerprint density at radius 1 is 1.71 bits per heavy atom. The van der Waals surface area contributed by atoms with Crippen molar-refractivity contribution in [1.29, 1.82) is 0 Å². The van der Waals surface area contributed by atoms with Gasteiger partial charge in [-0.3, -0.25) is 9.59 Å². The van der Waals surface area contributed by atoms with Crippen molar-refractivity contribution >= 4 is 45.7 Å². The number of nitrogens with zero attached hydrogens (tertiary/aromatic N) is 1. The number of carbonyl (C=O) groups excluding carboxylic acids is 2. The van der Waals surface area contributed by atoms with Crippen LogP contribution in [0, 0.1) is 2.88 Å². The van der Waals surface area contributed by atoms with E-state index in [0.717, 1.165) is 2.88 Å². The Hall–Kier alpha value is -0.630. The minimum atomic E-state index is -0.325. The van der Waals surface area contributed by atoms with Crippen LogP contribution in [0.1, 0.15) is 23.7 Å². The van der Waals surface area contributed by atoms with Gasteiger partial charge < -0.3 is 10.2 Å². The number of thiophene rings is 1. The summed E-state index contributed by atoms with van der Waals surface area (Å²) in [6, 6.07) is 1.54. The molecule has 1 aromatic rings. The van der Waals surface area contributed by atoms with E-state index in [1.165, 1.54) is 0 Å². The Morgan fingerprint density at radius 2 is 2.47 bits per heavy atom. The van der Waals surface area contributed by atoms with Crippen molar-refractivity contribution in [1.82, 2.24) is 10.2 Å². The maximum absolute atomic E-state index is 12.3. The Labute approximate surface area is 118 Å². The third kappa shape index (κ3) is 2.62. The third-order valence-electron chi connectivity index (χ3n) is 2.79. The lowest BCUT2D eigenvalue weighted by Crippen LogP contribution is -2.56. The van der Waals surface area contributed by atoms with Gasteiger partial charge in [0.15, 0.2) is 0 Å². The Kier molecular flexibility index (Phi) is 4.03. The molecule has 0 aromatic carbocycles. The quantitative estimate of drug-likeness (QED) is 0.813. The zero-order chi connectivity index (χ0) is 12.4. The van der Waals surface area contributed by atoms with E-state index in [2.05, 4.69) is 27.9 Å². The van der Waals surface area contributed by atoms with Gasteiger partial charge in [0.25, 0.3) is 5.91 Å². The minimum absolute atomic E-state index is 0.0362. The van der Waals surface area contributed by atoms with Crippen LogP contribution in [0.2, 0.25) is 0 Å². The summed E-state index contributed by atoms with van der Waals surface area (Å²) in [6.07, 6.45) is 0.652. The van der Waals surface area contributed by atoms with Crippen LogP contribution in [0.5, 0.6) is 0 Å². The highest BCUT2D eigenvalue weighted by Crippen LogP contribution is 2.20. The first-order valence-electron chi connectivity index (χ1n) is 5.46. The van der Waals surface area contributed by atoms with E-state index >= 15 is 0 Å². The van der Waals surface area contributed by atoms with E-state index < -0.39 is 0 Å². The average Bonchev–Trinajstić information content (AvgIpc) is 2.74. The van der Waals surface area contributed by atoms with E-state index in [9.17, 15) is 9.59 Å². The van der Waals surface area contributed by atoms with Crippen molar-refractivity contribution in [3.63, 3.8) is 0 Å². The molecule has 1 aromatic heterocycles. The highest BCUT2D eigenvalue weighted by atomic mass is 127. The van der Waals surface area contributed by atoms with Gasteiger partial charge in [0.1, 0.15) is 6.04 Å². The van der Waals surface area contributed by atoms with Crippen molar-refractivity contribution in [2.24, 2.45) is 0 Å². The molecular weight excluding hydrogens is 351 g/mol. The largest absolute Gasteiger partial charge is 0.353 e.